The molecular formula is C21H26N4O. The predicted octanol–water partition coefficient (Wildman–Crippen LogP) is 2.57. The average molecular weight is 350 g/mol. The van der Waals surface area contributed by atoms with Gasteiger partial charge in [-0.1, -0.05) is 30.3 Å². The molecule has 1 amide bonds. The van der Waals surface area contributed by atoms with Gasteiger partial charge in [0.15, 0.2) is 0 Å². The van der Waals surface area contributed by atoms with Gasteiger partial charge in [0.2, 0.25) is 5.91 Å². The molecule has 136 valence electrons. The van der Waals surface area contributed by atoms with Crippen LogP contribution in [0.2, 0.25) is 0 Å². The number of aryl methyl sites for hydroxylation is 1. The lowest BCUT2D eigenvalue weighted by Crippen LogP contribution is -2.40. The van der Waals surface area contributed by atoms with Crippen molar-refractivity contribution in [3.63, 3.8) is 0 Å². The number of carbonyl (C=O) groups excluding carboxylic acids is 1. The van der Waals surface area contributed by atoms with E-state index in [1.165, 1.54) is 16.8 Å². The smallest absolute Gasteiger partial charge is 0.247 e. The minimum absolute atomic E-state index is 0.105. The first-order valence-corrected chi connectivity index (χ1v) is 9.36. The number of allylic oxidation sites excluding steroid dienone is 1. The van der Waals surface area contributed by atoms with Crippen molar-refractivity contribution in [1.29, 1.82) is 0 Å². The summed E-state index contributed by atoms with van der Waals surface area (Å²) in [5, 5.41) is 3.34. The first-order chi connectivity index (χ1) is 12.6. The summed E-state index contributed by atoms with van der Waals surface area (Å²) in [6, 6.07) is 10.4. The van der Waals surface area contributed by atoms with E-state index in [0.29, 0.717) is 0 Å². The number of hydrogen-bond donors (Lipinski definition) is 1. The Bertz CT molecular complexity index is 824. The third-order valence-corrected chi connectivity index (χ3v) is 5.67. The number of aromatic nitrogens is 2. The van der Waals surface area contributed by atoms with Gasteiger partial charge in [-0.05, 0) is 37.4 Å². The Morgan fingerprint density at radius 1 is 1.15 bits per heavy atom. The summed E-state index contributed by atoms with van der Waals surface area (Å²) >= 11 is 0. The largest absolute Gasteiger partial charge is 0.348 e. The molecule has 0 unspecified atom stereocenters. The van der Waals surface area contributed by atoms with E-state index in [2.05, 4.69) is 38.9 Å². The van der Waals surface area contributed by atoms with Crippen LogP contribution in [0.4, 0.5) is 0 Å². The van der Waals surface area contributed by atoms with Crippen molar-refractivity contribution in [1.82, 2.24) is 19.8 Å². The summed E-state index contributed by atoms with van der Waals surface area (Å²) in [4.78, 5) is 19.6. The van der Waals surface area contributed by atoms with E-state index < -0.39 is 0 Å². The molecule has 2 atom stereocenters. The minimum Gasteiger partial charge on any atom is -0.348 e. The number of likely N-dealkylation sites (N-methyl/N-ethyl adjacent to an activating group) is 1. The maximum absolute atomic E-state index is 13.1. The molecule has 0 spiro atoms. The van der Waals surface area contributed by atoms with Crippen LogP contribution in [0.1, 0.15) is 36.4 Å². The molecule has 1 aliphatic heterocycles. The van der Waals surface area contributed by atoms with E-state index in [4.69, 9.17) is 0 Å². The van der Waals surface area contributed by atoms with E-state index in [0.717, 1.165) is 37.9 Å². The predicted molar refractivity (Wildman–Crippen MR) is 103 cm³/mol. The van der Waals surface area contributed by atoms with Crippen LogP contribution in [0, 0.1) is 0 Å². The number of imidazole rings is 1. The Hall–Kier alpha value is -2.40. The van der Waals surface area contributed by atoms with Crippen molar-refractivity contribution >= 4 is 11.5 Å². The SMILES string of the molecule is CN1C[C@@H](NC(=O)C2=C(c3ccccc3)CCC2)[C@H](c2cncn2C)C1. The molecule has 1 aliphatic carbocycles. The van der Waals surface area contributed by atoms with Crippen molar-refractivity contribution in [3.05, 3.63) is 59.7 Å². The Labute approximate surface area is 154 Å². The first-order valence-electron chi connectivity index (χ1n) is 9.36. The molecule has 0 bridgehead atoms. The summed E-state index contributed by atoms with van der Waals surface area (Å²) < 4.78 is 2.06. The van der Waals surface area contributed by atoms with Gasteiger partial charge >= 0.3 is 0 Å². The number of rotatable bonds is 4. The van der Waals surface area contributed by atoms with E-state index in [1.807, 2.05) is 37.8 Å². The van der Waals surface area contributed by atoms with Crippen LogP contribution in [0.25, 0.3) is 5.57 Å². The zero-order valence-corrected chi connectivity index (χ0v) is 15.5. The van der Waals surface area contributed by atoms with Gasteiger partial charge in [0.05, 0.1) is 12.4 Å². The Kier molecular flexibility index (Phi) is 4.64. The monoisotopic (exact) mass is 350 g/mol. The summed E-state index contributed by atoms with van der Waals surface area (Å²) in [7, 11) is 4.13. The summed E-state index contributed by atoms with van der Waals surface area (Å²) in [6.07, 6.45) is 6.67. The molecule has 26 heavy (non-hydrogen) atoms. The standard InChI is InChI=1S/C21H26N4O/c1-24-12-18(20-11-22-14-25(20)2)19(13-24)23-21(26)17-10-6-9-16(17)15-7-4-3-5-8-15/h3-5,7-8,11,14,18-19H,6,9-10,12-13H2,1-2H3,(H,23,26)/t18-,19-/m1/s1. The summed E-state index contributed by atoms with van der Waals surface area (Å²) in [5.74, 6) is 0.382. The molecule has 4 rings (SSSR count). The second-order valence-corrected chi connectivity index (χ2v) is 7.51. The Morgan fingerprint density at radius 3 is 2.69 bits per heavy atom. The number of carbonyl (C=O) groups is 1. The molecule has 1 aromatic heterocycles. The van der Waals surface area contributed by atoms with Gasteiger partial charge in [0.1, 0.15) is 0 Å². The van der Waals surface area contributed by atoms with Crippen molar-refractivity contribution in [2.24, 2.45) is 7.05 Å². The fourth-order valence-electron chi connectivity index (χ4n) is 4.38. The first kappa shape index (κ1) is 17.0. The number of amides is 1. The third-order valence-electron chi connectivity index (χ3n) is 5.67. The Morgan fingerprint density at radius 2 is 1.96 bits per heavy atom. The number of hydrogen-bond acceptors (Lipinski definition) is 3. The van der Waals surface area contributed by atoms with Crippen LogP contribution in [0.3, 0.4) is 0 Å². The molecular weight excluding hydrogens is 324 g/mol. The zero-order chi connectivity index (χ0) is 18.1. The maximum Gasteiger partial charge on any atom is 0.247 e. The highest BCUT2D eigenvalue weighted by Crippen LogP contribution is 2.34. The van der Waals surface area contributed by atoms with Gasteiger partial charge < -0.3 is 14.8 Å². The van der Waals surface area contributed by atoms with E-state index >= 15 is 0 Å². The molecule has 2 heterocycles. The van der Waals surface area contributed by atoms with Crippen molar-refractivity contribution in [2.75, 3.05) is 20.1 Å². The second-order valence-electron chi connectivity index (χ2n) is 7.51. The van der Waals surface area contributed by atoms with Crippen LogP contribution < -0.4 is 5.32 Å². The lowest BCUT2D eigenvalue weighted by Gasteiger charge is -2.21. The maximum atomic E-state index is 13.1. The molecule has 1 aromatic carbocycles. The molecule has 1 fully saturated rings. The zero-order valence-electron chi connectivity index (χ0n) is 15.5. The number of nitrogens with one attached hydrogen (secondary N) is 1. The normalized spacial score (nSPS) is 23.6. The van der Waals surface area contributed by atoms with Gasteiger partial charge in [-0.25, -0.2) is 4.98 Å². The fourth-order valence-corrected chi connectivity index (χ4v) is 4.38. The number of likely N-dealkylation sites (tertiary alicyclic amines) is 1. The highest BCUT2D eigenvalue weighted by molar-refractivity contribution is 6.02. The molecule has 2 aliphatic rings. The number of nitrogens with zero attached hydrogens (tertiary/aromatic N) is 3. The topological polar surface area (TPSA) is 50.2 Å². The molecule has 1 N–H and O–H groups in total. The van der Waals surface area contributed by atoms with Crippen LogP contribution in [0.15, 0.2) is 48.4 Å². The van der Waals surface area contributed by atoms with E-state index in [1.54, 1.807) is 0 Å². The summed E-state index contributed by atoms with van der Waals surface area (Å²) in [5.41, 5.74) is 4.55. The fraction of sp³-hybridized carbons (Fsp3) is 0.429. The van der Waals surface area contributed by atoms with Crippen LogP contribution in [-0.2, 0) is 11.8 Å². The van der Waals surface area contributed by atoms with Gasteiger partial charge in [-0.3, -0.25) is 4.79 Å². The van der Waals surface area contributed by atoms with Gasteiger partial charge in [-0.2, -0.15) is 0 Å². The van der Waals surface area contributed by atoms with Crippen molar-refractivity contribution in [3.8, 4) is 0 Å². The summed E-state index contributed by atoms with van der Waals surface area (Å²) in [6.45, 7) is 1.81. The molecule has 0 radical (unpaired) electrons. The van der Waals surface area contributed by atoms with Gasteiger partial charge in [0, 0.05) is 43.5 Å². The lowest BCUT2D eigenvalue weighted by atomic mass is 9.98. The highest BCUT2D eigenvalue weighted by Gasteiger charge is 2.35. The van der Waals surface area contributed by atoms with E-state index in [9.17, 15) is 4.79 Å². The van der Waals surface area contributed by atoms with Crippen molar-refractivity contribution in [2.45, 2.75) is 31.2 Å². The Balaban J connectivity index is 1.56. The molecule has 5 heteroatoms. The van der Waals surface area contributed by atoms with Crippen molar-refractivity contribution < 1.29 is 4.79 Å². The quantitative estimate of drug-likeness (QED) is 0.922. The minimum atomic E-state index is 0.105. The lowest BCUT2D eigenvalue weighted by molar-refractivity contribution is -0.118. The molecule has 1 saturated heterocycles. The van der Waals surface area contributed by atoms with Gasteiger partial charge in [-0.15, -0.1) is 0 Å². The van der Waals surface area contributed by atoms with Gasteiger partial charge in [0.25, 0.3) is 0 Å². The highest BCUT2D eigenvalue weighted by atomic mass is 16.1. The van der Waals surface area contributed by atoms with Crippen LogP contribution in [0.5, 0.6) is 0 Å². The number of benzene rings is 1. The third kappa shape index (κ3) is 3.19. The molecule has 2 aromatic rings. The average Bonchev–Trinajstić information content (AvgIpc) is 3.35. The van der Waals surface area contributed by atoms with Crippen LogP contribution in [-0.4, -0.2) is 46.5 Å². The second kappa shape index (κ2) is 7.08. The van der Waals surface area contributed by atoms with Crippen LogP contribution >= 0.6 is 0 Å². The molecule has 5 nitrogen and oxygen atoms in total. The molecule has 0 saturated carbocycles. The van der Waals surface area contributed by atoms with E-state index in [-0.39, 0.29) is 17.9 Å².